The van der Waals surface area contributed by atoms with Crippen molar-refractivity contribution in [3.63, 3.8) is 0 Å². The number of benzene rings is 1. The third-order valence-corrected chi connectivity index (χ3v) is 2.77. The van der Waals surface area contributed by atoms with Crippen LogP contribution in [0.3, 0.4) is 0 Å². The molecule has 0 heterocycles. The van der Waals surface area contributed by atoms with E-state index in [0.29, 0.717) is 16.6 Å². The molecule has 0 aliphatic rings. The van der Waals surface area contributed by atoms with Crippen LogP contribution in [0.5, 0.6) is 5.75 Å². The molecule has 0 bridgehead atoms. The first-order valence-corrected chi connectivity index (χ1v) is 6.07. The zero-order valence-electron chi connectivity index (χ0n) is 8.71. The Hall–Kier alpha value is -0.620. The fraction of sp³-hybridized carbons (Fsp3) is 0.455. The van der Waals surface area contributed by atoms with Gasteiger partial charge in [-0.05, 0) is 17.7 Å². The first kappa shape index (κ1) is 13.4. The smallest absolute Gasteiger partial charge is 0.119 e. The number of ether oxygens (including phenoxy) is 1. The topological polar surface area (TPSA) is 69.9 Å². The number of aliphatic hydroxyl groups excluding tert-OH is 3. The summed E-state index contributed by atoms with van der Waals surface area (Å²) in [4.78, 5) is 0. The lowest BCUT2D eigenvalue weighted by Gasteiger charge is -2.16. The van der Waals surface area contributed by atoms with E-state index in [1.807, 2.05) is 0 Å². The Morgan fingerprint density at radius 1 is 1.19 bits per heavy atom. The summed E-state index contributed by atoms with van der Waals surface area (Å²) in [5.74, 6) is 0.623. The molecule has 16 heavy (non-hydrogen) atoms. The predicted molar refractivity (Wildman–Crippen MR) is 63.8 cm³/mol. The van der Waals surface area contributed by atoms with Gasteiger partial charge in [0, 0.05) is 5.33 Å². The van der Waals surface area contributed by atoms with E-state index in [4.69, 9.17) is 9.84 Å². The van der Waals surface area contributed by atoms with Crippen LogP contribution in [0, 0.1) is 0 Å². The highest BCUT2D eigenvalue weighted by atomic mass is 79.9. The molecule has 3 N–H and O–H groups in total. The molecular formula is C11H15BrO4. The molecule has 2 unspecified atom stereocenters. The third kappa shape index (κ3) is 3.75. The summed E-state index contributed by atoms with van der Waals surface area (Å²) >= 11 is 3.10. The van der Waals surface area contributed by atoms with Crippen LogP contribution in [-0.2, 0) is 0 Å². The molecule has 0 saturated heterocycles. The molecular weight excluding hydrogens is 276 g/mol. The summed E-state index contributed by atoms with van der Waals surface area (Å²) in [5, 5.41) is 28.0. The van der Waals surface area contributed by atoms with Crippen LogP contribution in [0.15, 0.2) is 24.3 Å². The van der Waals surface area contributed by atoms with Gasteiger partial charge in [-0.1, -0.05) is 28.1 Å². The van der Waals surface area contributed by atoms with Gasteiger partial charge in [0.25, 0.3) is 0 Å². The summed E-state index contributed by atoms with van der Waals surface area (Å²) in [6, 6.07) is 6.75. The van der Waals surface area contributed by atoms with Crippen LogP contribution >= 0.6 is 15.9 Å². The Morgan fingerprint density at radius 3 is 2.31 bits per heavy atom. The second-order valence-electron chi connectivity index (χ2n) is 3.31. The molecule has 0 spiro atoms. The summed E-state index contributed by atoms with van der Waals surface area (Å²) in [7, 11) is 0. The minimum Gasteiger partial charge on any atom is -0.491 e. The van der Waals surface area contributed by atoms with Gasteiger partial charge in [0.1, 0.15) is 18.5 Å². The molecule has 1 aromatic rings. The maximum atomic E-state index is 9.70. The zero-order valence-corrected chi connectivity index (χ0v) is 10.3. The van der Waals surface area contributed by atoms with Crippen LogP contribution in [0.1, 0.15) is 11.7 Å². The third-order valence-electron chi connectivity index (χ3n) is 2.10. The van der Waals surface area contributed by atoms with E-state index in [1.165, 1.54) is 0 Å². The highest BCUT2D eigenvalue weighted by Gasteiger charge is 2.16. The number of hydrogen-bond donors (Lipinski definition) is 3. The number of rotatable bonds is 6. The van der Waals surface area contributed by atoms with E-state index in [0.717, 1.165) is 0 Å². The lowest BCUT2D eigenvalue weighted by molar-refractivity contribution is 0.0342. The van der Waals surface area contributed by atoms with Crippen molar-refractivity contribution in [3.05, 3.63) is 29.8 Å². The molecule has 1 aromatic carbocycles. The second-order valence-corrected chi connectivity index (χ2v) is 3.96. The molecule has 5 heteroatoms. The summed E-state index contributed by atoms with van der Waals surface area (Å²) in [6.07, 6.45) is -1.74. The molecule has 0 amide bonds. The molecule has 0 aromatic heterocycles. The maximum Gasteiger partial charge on any atom is 0.119 e. The standard InChI is InChI=1S/C11H15BrO4/c12-7-10(14)11(15)8-1-3-9(4-2-8)16-6-5-13/h1-4,10-11,13-15H,5-7H2. The Morgan fingerprint density at radius 2 is 1.81 bits per heavy atom. The molecule has 1 rings (SSSR count). The van der Waals surface area contributed by atoms with E-state index in [1.54, 1.807) is 24.3 Å². The SMILES string of the molecule is OCCOc1ccc(C(O)C(O)CBr)cc1. The van der Waals surface area contributed by atoms with Crippen molar-refractivity contribution in [2.75, 3.05) is 18.5 Å². The Balaban J connectivity index is 2.63. The van der Waals surface area contributed by atoms with Crippen molar-refractivity contribution in [1.82, 2.24) is 0 Å². The minimum atomic E-state index is -0.911. The zero-order chi connectivity index (χ0) is 12.0. The average Bonchev–Trinajstić information content (AvgIpc) is 2.35. The Labute approximate surface area is 103 Å². The molecule has 0 saturated carbocycles. The average molecular weight is 291 g/mol. The highest BCUT2D eigenvalue weighted by molar-refractivity contribution is 9.09. The number of alkyl halides is 1. The fourth-order valence-electron chi connectivity index (χ4n) is 1.23. The van der Waals surface area contributed by atoms with Gasteiger partial charge >= 0.3 is 0 Å². The number of aliphatic hydroxyl groups is 3. The van der Waals surface area contributed by atoms with Crippen LogP contribution < -0.4 is 4.74 Å². The van der Waals surface area contributed by atoms with E-state index >= 15 is 0 Å². The van der Waals surface area contributed by atoms with Gasteiger partial charge in [0.2, 0.25) is 0 Å². The van der Waals surface area contributed by atoms with Gasteiger partial charge in [0.05, 0.1) is 12.7 Å². The Bertz CT molecular complexity index is 301. The Kier molecular flexibility index (Phi) is 5.76. The molecule has 0 fully saturated rings. The minimum absolute atomic E-state index is 0.0350. The van der Waals surface area contributed by atoms with Gasteiger partial charge in [-0.25, -0.2) is 0 Å². The quantitative estimate of drug-likeness (QED) is 0.680. The van der Waals surface area contributed by atoms with E-state index in [-0.39, 0.29) is 13.2 Å². The molecule has 0 radical (unpaired) electrons. The summed E-state index contributed by atoms with van der Waals surface area (Å²) in [6.45, 7) is 0.207. The van der Waals surface area contributed by atoms with E-state index in [2.05, 4.69) is 15.9 Å². The van der Waals surface area contributed by atoms with Gasteiger partial charge in [-0.15, -0.1) is 0 Å². The summed E-state index contributed by atoms with van der Waals surface area (Å²) in [5.41, 5.74) is 0.628. The molecule has 2 atom stereocenters. The molecule has 0 aliphatic heterocycles. The van der Waals surface area contributed by atoms with Crippen LogP contribution in [-0.4, -0.2) is 40.0 Å². The van der Waals surface area contributed by atoms with Crippen molar-refractivity contribution in [2.24, 2.45) is 0 Å². The fourth-order valence-corrected chi connectivity index (χ4v) is 1.59. The van der Waals surface area contributed by atoms with Crippen molar-refractivity contribution < 1.29 is 20.1 Å². The van der Waals surface area contributed by atoms with Crippen LogP contribution in [0.4, 0.5) is 0 Å². The lowest BCUT2D eigenvalue weighted by atomic mass is 10.1. The van der Waals surface area contributed by atoms with Gasteiger partial charge in [-0.3, -0.25) is 0 Å². The summed E-state index contributed by atoms with van der Waals surface area (Å²) < 4.78 is 5.17. The molecule has 90 valence electrons. The highest BCUT2D eigenvalue weighted by Crippen LogP contribution is 2.21. The monoisotopic (exact) mass is 290 g/mol. The predicted octanol–water partition coefficient (Wildman–Crippen LogP) is 0.847. The van der Waals surface area contributed by atoms with E-state index in [9.17, 15) is 10.2 Å². The van der Waals surface area contributed by atoms with E-state index < -0.39 is 12.2 Å². The van der Waals surface area contributed by atoms with Crippen molar-refractivity contribution in [1.29, 1.82) is 0 Å². The lowest BCUT2D eigenvalue weighted by Crippen LogP contribution is -2.19. The maximum absolute atomic E-state index is 9.70. The van der Waals surface area contributed by atoms with Crippen molar-refractivity contribution in [2.45, 2.75) is 12.2 Å². The first-order valence-electron chi connectivity index (χ1n) is 4.94. The normalized spacial score (nSPS) is 14.5. The van der Waals surface area contributed by atoms with Gasteiger partial charge in [-0.2, -0.15) is 0 Å². The van der Waals surface area contributed by atoms with Gasteiger partial charge in [0.15, 0.2) is 0 Å². The second kappa shape index (κ2) is 6.85. The molecule has 4 nitrogen and oxygen atoms in total. The number of hydrogen-bond acceptors (Lipinski definition) is 4. The van der Waals surface area contributed by atoms with Crippen LogP contribution in [0.25, 0.3) is 0 Å². The largest absolute Gasteiger partial charge is 0.491 e. The van der Waals surface area contributed by atoms with Crippen molar-refractivity contribution >= 4 is 15.9 Å². The van der Waals surface area contributed by atoms with Crippen molar-refractivity contribution in [3.8, 4) is 5.75 Å². The van der Waals surface area contributed by atoms with Crippen LogP contribution in [0.2, 0.25) is 0 Å². The van der Waals surface area contributed by atoms with Gasteiger partial charge < -0.3 is 20.1 Å². The number of halogens is 1. The molecule has 0 aliphatic carbocycles. The first-order chi connectivity index (χ1) is 7.69.